The number of aromatic nitrogens is 1. The molecule has 3 aromatic rings. The third-order valence-corrected chi connectivity index (χ3v) is 5.87. The summed E-state index contributed by atoms with van der Waals surface area (Å²) in [6.07, 6.45) is 5.63. The number of fused-ring (bicyclic) bond motifs is 1. The fraction of sp³-hybridized carbons (Fsp3) is 0.385. The topological polar surface area (TPSA) is 66.4 Å². The monoisotopic (exact) mass is 432 g/mol. The summed E-state index contributed by atoms with van der Waals surface area (Å²) in [5, 5.41) is 7.19. The lowest BCUT2D eigenvalue weighted by Crippen LogP contribution is -2.29. The number of nitrogens with zero attached hydrogens (tertiary/aromatic N) is 2. The molecule has 6 heteroatoms. The van der Waals surface area contributed by atoms with Crippen molar-refractivity contribution in [3.63, 3.8) is 0 Å². The van der Waals surface area contributed by atoms with Crippen molar-refractivity contribution >= 4 is 28.2 Å². The van der Waals surface area contributed by atoms with Gasteiger partial charge in [0.25, 0.3) is 5.56 Å². The Labute approximate surface area is 189 Å². The zero-order valence-electron chi connectivity index (χ0n) is 18.9. The Hall–Kier alpha value is -3.12. The van der Waals surface area contributed by atoms with E-state index in [-0.39, 0.29) is 11.6 Å². The van der Waals surface area contributed by atoms with Crippen LogP contribution in [0.15, 0.2) is 59.5 Å². The van der Waals surface area contributed by atoms with Crippen LogP contribution >= 0.6 is 0 Å². The third kappa shape index (κ3) is 5.37. The lowest BCUT2D eigenvalue weighted by Gasteiger charge is -2.26. The molecule has 2 amide bonds. The summed E-state index contributed by atoms with van der Waals surface area (Å²) < 4.78 is 1.68. The molecule has 1 aliphatic rings. The molecule has 2 heterocycles. The molecule has 168 valence electrons. The number of nitrogens with one attached hydrogen (secondary N) is 2. The number of urea groups is 1. The van der Waals surface area contributed by atoms with Crippen molar-refractivity contribution < 1.29 is 4.79 Å². The van der Waals surface area contributed by atoms with Crippen LogP contribution in [0.4, 0.5) is 16.2 Å². The average molecular weight is 433 g/mol. The SMILES string of the molecule is CC(C)Cn1cc(NC(=O)Nc2ccc(CN3CCCCC3)cc2)c2ccccc2c1=O. The molecular weight excluding hydrogens is 400 g/mol. The molecule has 32 heavy (non-hydrogen) atoms. The molecule has 0 atom stereocenters. The Morgan fingerprint density at radius 3 is 2.31 bits per heavy atom. The van der Waals surface area contributed by atoms with Gasteiger partial charge in [0.2, 0.25) is 0 Å². The van der Waals surface area contributed by atoms with Crippen LogP contribution < -0.4 is 16.2 Å². The Bertz CT molecular complexity index is 1130. The van der Waals surface area contributed by atoms with Crippen LogP contribution in [-0.4, -0.2) is 28.6 Å². The second-order valence-electron chi connectivity index (χ2n) is 9.05. The number of benzene rings is 2. The standard InChI is InChI=1S/C26H32N4O2/c1-19(2)16-30-18-24(22-8-4-5-9-23(22)25(30)31)28-26(32)27-21-12-10-20(11-13-21)17-29-14-6-3-7-15-29/h4-5,8-13,18-19H,3,6-7,14-17H2,1-2H3,(H2,27,28,32). The van der Waals surface area contributed by atoms with Gasteiger partial charge < -0.3 is 15.2 Å². The Morgan fingerprint density at radius 1 is 0.938 bits per heavy atom. The number of hydrogen-bond acceptors (Lipinski definition) is 3. The van der Waals surface area contributed by atoms with Crippen LogP contribution in [0.3, 0.4) is 0 Å². The summed E-state index contributed by atoms with van der Waals surface area (Å²) in [5.41, 5.74) is 2.58. The van der Waals surface area contributed by atoms with Crippen molar-refractivity contribution in [2.45, 2.75) is 46.2 Å². The minimum atomic E-state index is -0.325. The predicted octanol–water partition coefficient (Wildman–Crippen LogP) is 5.29. The van der Waals surface area contributed by atoms with Gasteiger partial charge in [0.05, 0.1) is 5.69 Å². The Balaban J connectivity index is 1.46. The van der Waals surface area contributed by atoms with Gasteiger partial charge in [0.1, 0.15) is 0 Å². The van der Waals surface area contributed by atoms with Crippen molar-refractivity contribution in [2.75, 3.05) is 23.7 Å². The van der Waals surface area contributed by atoms with E-state index in [9.17, 15) is 9.59 Å². The molecule has 0 radical (unpaired) electrons. The van der Waals surface area contributed by atoms with E-state index in [2.05, 4.69) is 41.5 Å². The van der Waals surface area contributed by atoms with Crippen molar-refractivity contribution in [1.29, 1.82) is 0 Å². The van der Waals surface area contributed by atoms with E-state index < -0.39 is 0 Å². The summed E-state index contributed by atoms with van der Waals surface area (Å²) in [4.78, 5) is 28.0. The molecule has 2 N–H and O–H groups in total. The highest BCUT2D eigenvalue weighted by molar-refractivity contribution is 6.05. The summed E-state index contributed by atoms with van der Waals surface area (Å²) in [7, 11) is 0. The fourth-order valence-corrected chi connectivity index (χ4v) is 4.33. The first-order valence-electron chi connectivity index (χ1n) is 11.5. The lowest BCUT2D eigenvalue weighted by molar-refractivity contribution is 0.221. The second kappa shape index (κ2) is 10.0. The smallest absolute Gasteiger partial charge is 0.313 e. The largest absolute Gasteiger partial charge is 0.323 e. The number of hydrogen-bond donors (Lipinski definition) is 2. The van der Waals surface area contributed by atoms with Crippen LogP contribution in [0.1, 0.15) is 38.7 Å². The first-order valence-corrected chi connectivity index (χ1v) is 11.5. The van der Waals surface area contributed by atoms with Crippen LogP contribution in [0.2, 0.25) is 0 Å². The number of likely N-dealkylation sites (tertiary alicyclic amines) is 1. The number of piperidine rings is 1. The van der Waals surface area contributed by atoms with Crippen LogP contribution in [-0.2, 0) is 13.1 Å². The molecule has 1 saturated heterocycles. The number of carbonyl (C=O) groups is 1. The van der Waals surface area contributed by atoms with Crippen molar-refractivity contribution in [1.82, 2.24) is 9.47 Å². The van der Waals surface area contributed by atoms with Crippen LogP contribution in [0, 0.1) is 5.92 Å². The van der Waals surface area contributed by atoms with E-state index in [0.29, 0.717) is 23.5 Å². The highest BCUT2D eigenvalue weighted by Gasteiger charge is 2.13. The highest BCUT2D eigenvalue weighted by Crippen LogP contribution is 2.22. The van der Waals surface area contributed by atoms with Gasteiger partial charge in [-0.25, -0.2) is 4.79 Å². The molecule has 1 aromatic heterocycles. The summed E-state index contributed by atoms with van der Waals surface area (Å²) in [6.45, 7) is 8.01. The second-order valence-corrected chi connectivity index (χ2v) is 9.05. The van der Waals surface area contributed by atoms with Crippen LogP contribution in [0.25, 0.3) is 10.8 Å². The van der Waals surface area contributed by atoms with Crippen molar-refractivity contribution in [2.24, 2.45) is 5.92 Å². The Kier molecular flexibility index (Phi) is 6.90. The van der Waals surface area contributed by atoms with E-state index in [1.54, 1.807) is 16.8 Å². The van der Waals surface area contributed by atoms with Gasteiger partial charge in [-0.3, -0.25) is 9.69 Å². The molecule has 0 bridgehead atoms. The van der Waals surface area contributed by atoms with Gasteiger partial charge in [-0.05, 0) is 55.6 Å². The molecule has 4 rings (SSSR count). The molecule has 0 aliphatic carbocycles. The molecule has 0 spiro atoms. The average Bonchev–Trinajstić information content (AvgIpc) is 2.79. The number of pyridine rings is 1. The normalized spacial score (nSPS) is 14.6. The summed E-state index contributed by atoms with van der Waals surface area (Å²) in [5.74, 6) is 0.319. The zero-order chi connectivity index (χ0) is 22.5. The number of rotatable bonds is 6. The minimum absolute atomic E-state index is 0.0375. The van der Waals surface area contributed by atoms with Gasteiger partial charge in [0.15, 0.2) is 0 Å². The van der Waals surface area contributed by atoms with Gasteiger partial charge in [-0.2, -0.15) is 0 Å². The maximum absolute atomic E-state index is 12.8. The predicted molar refractivity (Wildman–Crippen MR) is 131 cm³/mol. The van der Waals surface area contributed by atoms with Gasteiger partial charge in [-0.1, -0.05) is 50.6 Å². The molecule has 2 aromatic carbocycles. The van der Waals surface area contributed by atoms with E-state index in [1.807, 2.05) is 30.3 Å². The zero-order valence-corrected chi connectivity index (χ0v) is 18.9. The first-order chi connectivity index (χ1) is 15.5. The summed E-state index contributed by atoms with van der Waals surface area (Å²) in [6, 6.07) is 15.1. The highest BCUT2D eigenvalue weighted by atomic mass is 16.2. The fourth-order valence-electron chi connectivity index (χ4n) is 4.33. The number of carbonyl (C=O) groups excluding carboxylic acids is 1. The maximum atomic E-state index is 12.8. The molecule has 1 aliphatic heterocycles. The van der Waals surface area contributed by atoms with Gasteiger partial charge >= 0.3 is 6.03 Å². The van der Waals surface area contributed by atoms with Gasteiger partial charge in [-0.15, -0.1) is 0 Å². The molecular formula is C26H32N4O2. The van der Waals surface area contributed by atoms with E-state index in [4.69, 9.17) is 0 Å². The first kappa shape index (κ1) is 22.1. The van der Waals surface area contributed by atoms with Crippen molar-refractivity contribution in [3.05, 3.63) is 70.6 Å². The third-order valence-electron chi connectivity index (χ3n) is 5.87. The maximum Gasteiger partial charge on any atom is 0.323 e. The molecule has 6 nitrogen and oxygen atoms in total. The molecule has 0 saturated carbocycles. The van der Waals surface area contributed by atoms with E-state index in [0.717, 1.165) is 30.7 Å². The molecule has 0 unspecified atom stereocenters. The summed E-state index contributed by atoms with van der Waals surface area (Å²) >= 11 is 0. The Morgan fingerprint density at radius 2 is 1.62 bits per heavy atom. The number of amides is 2. The van der Waals surface area contributed by atoms with Gasteiger partial charge in [0, 0.05) is 35.7 Å². The lowest BCUT2D eigenvalue weighted by atomic mass is 10.1. The number of anilines is 2. The quantitative estimate of drug-likeness (QED) is 0.556. The minimum Gasteiger partial charge on any atom is -0.313 e. The van der Waals surface area contributed by atoms with E-state index >= 15 is 0 Å². The molecule has 1 fully saturated rings. The van der Waals surface area contributed by atoms with Crippen molar-refractivity contribution in [3.8, 4) is 0 Å². The van der Waals surface area contributed by atoms with E-state index in [1.165, 1.54) is 24.8 Å². The van der Waals surface area contributed by atoms with Crippen LogP contribution in [0.5, 0.6) is 0 Å².